The monoisotopic (exact) mass is 411 g/mol. The molecular weight excluding hydrogens is 378 g/mol. The van der Waals surface area contributed by atoms with E-state index in [4.69, 9.17) is 0 Å². The van der Waals surface area contributed by atoms with Gasteiger partial charge < -0.3 is 19.8 Å². The van der Waals surface area contributed by atoms with Crippen molar-refractivity contribution in [1.29, 1.82) is 0 Å². The summed E-state index contributed by atoms with van der Waals surface area (Å²) in [6.07, 6.45) is 7.87. The van der Waals surface area contributed by atoms with E-state index in [0.29, 0.717) is 18.4 Å². The maximum Gasteiger partial charge on any atom is 0.230 e. The predicted molar refractivity (Wildman–Crippen MR) is 117 cm³/mol. The van der Waals surface area contributed by atoms with E-state index in [0.717, 1.165) is 88.9 Å². The van der Waals surface area contributed by atoms with E-state index in [9.17, 15) is 14.7 Å². The van der Waals surface area contributed by atoms with Crippen LogP contribution >= 0.6 is 0 Å². The first-order valence-electron chi connectivity index (χ1n) is 11.7. The smallest absolute Gasteiger partial charge is 0.230 e. The van der Waals surface area contributed by atoms with E-state index in [1.165, 1.54) is 0 Å². The lowest BCUT2D eigenvalue weighted by atomic mass is 9.78. The molecule has 1 aliphatic carbocycles. The number of anilines is 2. The Balaban J connectivity index is 1.28. The number of carbonyl (C=O) groups excluding carboxylic acids is 2. The fraction of sp³-hybridized carbons (Fsp3) is 0.667. The molecule has 1 aromatic carbocycles. The lowest BCUT2D eigenvalue weighted by Gasteiger charge is -2.41. The molecule has 3 heterocycles. The minimum atomic E-state index is -0.252. The number of hydrogen-bond acceptors (Lipinski definition) is 4. The number of aliphatic hydroxyl groups is 1. The number of benzene rings is 1. The van der Waals surface area contributed by atoms with Crippen molar-refractivity contribution in [3.63, 3.8) is 0 Å². The summed E-state index contributed by atoms with van der Waals surface area (Å²) in [5, 5.41) is 9.81. The van der Waals surface area contributed by atoms with Crippen LogP contribution in [-0.2, 0) is 9.59 Å². The molecule has 162 valence electrons. The molecule has 0 radical (unpaired) electrons. The van der Waals surface area contributed by atoms with Gasteiger partial charge in [0.05, 0.1) is 11.5 Å². The average molecular weight is 412 g/mol. The summed E-state index contributed by atoms with van der Waals surface area (Å²) >= 11 is 0. The van der Waals surface area contributed by atoms with Crippen molar-refractivity contribution in [3.05, 3.63) is 24.3 Å². The van der Waals surface area contributed by atoms with Crippen LogP contribution in [0.4, 0.5) is 11.4 Å². The van der Waals surface area contributed by atoms with Crippen LogP contribution in [0.2, 0.25) is 0 Å². The zero-order valence-electron chi connectivity index (χ0n) is 17.8. The standard InChI is InChI=1S/C24H33N3O3/c28-21-10-8-20(9-11-21)27-16-13-24(23(27)30)12-2-14-25(17-24)18-4-6-19(7-5-18)26-15-1-3-22(26)29/h4-7,20-21,28H,1-3,8-17H2/t20-,21-,24-/m1/s1. The van der Waals surface area contributed by atoms with Crippen LogP contribution in [0.3, 0.4) is 0 Å². The second kappa shape index (κ2) is 7.88. The van der Waals surface area contributed by atoms with Gasteiger partial charge in [-0.25, -0.2) is 0 Å². The molecule has 30 heavy (non-hydrogen) atoms. The van der Waals surface area contributed by atoms with Gasteiger partial charge in [-0.15, -0.1) is 0 Å². The molecule has 1 atom stereocenters. The van der Waals surface area contributed by atoms with E-state index in [1.807, 2.05) is 4.90 Å². The lowest BCUT2D eigenvalue weighted by molar-refractivity contribution is -0.139. The molecule has 6 nitrogen and oxygen atoms in total. The van der Waals surface area contributed by atoms with E-state index in [-0.39, 0.29) is 17.4 Å². The predicted octanol–water partition coefficient (Wildman–Crippen LogP) is 2.94. The third kappa shape index (κ3) is 3.49. The van der Waals surface area contributed by atoms with E-state index >= 15 is 0 Å². The van der Waals surface area contributed by atoms with E-state index < -0.39 is 0 Å². The molecule has 1 saturated carbocycles. The summed E-state index contributed by atoms with van der Waals surface area (Å²) in [4.78, 5) is 31.9. The van der Waals surface area contributed by atoms with Crippen molar-refractivity contribution < 1.29 is 14.7 Å². The van der Waals surface area contributed by atoms with Gasteiger partial charge in [0.15, 0.2) is 0 Å². The number of aliphatic hydroxyl groups excluding tert-OH is 1. The van der Waals surface area contributed by atoms with Gasteiger partial charge in [0.1, 0.15) is 0 Å². The highest BCUT2D eigenvalue weighted by molar-refractivity contribution is 5.95. The Morgan fingerprint density at radius 1 is 0.867 bits per heavy atom. The Morgan fingerprint density at radius 2 is 1.60 bits per heavy atom. The summed E-state index contributed by atoms with van der Waals surface area (Å²) in [5.74, 6) is 0.555. The first-order valence-corrected chi connectivity index (χ1v) is 11.7. The minimum Gasteiger partial charge on any atom is -0.393 e. The van der Waals surface area contributed by atoms with E-state index in [1.54, 1.807) is 0 Å². The average Bonchev–Trinajstić information content (AvgIpc) is 3.33. The summed E-state index contributed by atoms with van der Waals surface area (Å²) in [6.45, 7) is 3.45. The molecular formula is C24H33N3O3. The molecule has 1 N–H and O–H groups in total. The second-order valence-electron chi connectivity index (χ2n) is 9.68. The SMILES string of the molecule is O=C1CCCN1c1ccc(N2CCC[C@@]3(CCN([C@H]4CC[C@H](O)CC4)C3=O)C2)cc1. The van der Waals surface area contributed by atoms with Crippen molar-refractivity contribution in [1.82, 2.24) is 4.90 Å². The molecule has 2 amide bonds. The number of likely N-dealkylation sites (tertiary alicyclic amines) is 1. The summed E-state index contributed by atoms with van der Waals surface area (Å²) in [5.41, 5.74) is 1.88. The number of nitrogens with zero attached hydrogens (tertiary/aromatic N) is 3. The van der Waals surface area contributed by atoms with Gasteiger partial charge in [-0.05, 0) is 75.6 Å². The Hall–Kier alpha value is -2.08. The molecule has 5 rings (SSSR count). The Morgan fingerprint density at radius 3 is 2.30 bits per heavy atom. The zero-order valence-corrected chi connectivity index (χ0v) is 17.8. The van der Waals surface area contributed by atoms with Gasteiger partial charge >= 0.3 is 0 Å². The fourth-order valence-electron chi connectivity index (χ4n) is 6.06. The third-order valence-electron chi connectivity index (χ3n) is 7.83. The van der Waals surface area contributed by atoms with Gasteiger partial charge in [0, 0.05) is 50.0 Å². The number of carbonyl (C=O) groups is 2. The Labute approximate surface area is 178 Å². The molecule has 0 aromatic heterocycles. The van der Waals surface area contributed by atoms with Crippen molar-refractivity contribution in [3.8, 4) is 0 Å². The maximum atomic E-state index is 13.5. The van der Waals surface area contributed by atoms with Crippen LogP contribution < -0.4 is 9.80 Å². The van der Waals surface area contributed by atoms with E-state index in [2.05, 4.69) is 34.1 Å². The van der Waals surface area contributed by atoms with Crippen LogP contribution in [0.1, 0.15) is 57.8 Å². The maximum absolute atomic E-state index is 13.5. The van der Waals surface area contributed by atoms with Crippen LogP contribution in [-0.4, -0.2) is 60.1 Å². The highest BCUT2D eigenvalue weighted by Crippen LogP contribution is 2.43. The van der Waals surface area contributed by atoms with Crippen LogP contribution in [0.25, 0.3) is 0 Å². The lowest BCUT2D eigenvalue weighted by Crippen LogP contribution is -2.50. The summed E-state index contributed by atoms with van der Waals surface area (Å²) in [7, 11) is 0. The molecule has 4 fully saturated rings. The topological polar surface area (TPSA) is 64.1 Å². The third-order valence-corrected chi connectivity index (χ3v) is 7.83. The highest BCUT2D eigenvalue weighted by Gasteiger charge is 2.50. The van der Waals surface area contributed by atoms with Crippen LogP contribution in [0, 0.1) is 5.41 Å². The van der Waals surface area contributed by atoms with Gasteiger partial charge in [-0.1, -0.05) is 0 Å². The number of piperidine rings is 1. The summed E-state index contributed by atoms with van der Waals surface area (Å²) in [6, 6.07) is 8.64. The van der Waals surface area contributed by atoms with Gasteiger partial charge in [-0.3, -0.25) is 9.59 Å². The number of rotatable bonds is 3. The highest BCUT2D eigenvalue weighted by atomic mass is 16.3. The number of hydrogen-bond donors (Lipinski definition) is 1. The van der Waals surface area contributed by atoms with Crippen LogP contribution in [0.5, 0.6) is 0 Å². The molecule has 1 aromatic rings. The quantitative estimate of drug-likeness (QED) is 0.831. The fourth-order valence-corrected chi connectivity index (χ4v) is 6.06. The van der Waals surface area contributed by atoms with Gasteiger partial charge in [0.2, 0.25) is 11.8 Å². The molecule has 4 aliphatic rings. The molecule has 6 heteroatoms. The Kier molecular flexibility index (Phi) is 5.21. The van der Waals surface area contributed by atoms with Crippen molar-refractivity contribution >= 4 is 23.2 Å². The van der Waals surface area contributed by atoms with Crippen molar-refractivity contribution in [2.24, 2.45) is 5.41 Å². The van der Waals surface area contributed by atoms with Crippen molar-refractivity contribution in [2.75, 3.05) is 36.0 Å². The van der Waals surface area contributed by atoms with Gasteiger partial charge in [0.25, 0.3) is 0 Å². The molecule has 3 aliphatic heterocycles. The first kappa shape index (κ1) is 19.9. The molecule has 1 spiro atoms. The molecule has 0 bridgehead atoms. The normalized spacial score (nSPS) is 32.5. The largest absolute Gasteiger partial charge is 0.393 e. The molecule has 3 saturated heterocycles. The second-order valence-corrected chi connectivity index (χ2v) is 9.68. The van der Waals surface area contributed by atoms with Crippen molar-refractivity contribution in [2.45, 2.75) is 69.9 Å². The van der Waals surface area contributed by atoms with Gasteiger partial charge in [-0.2, -0.15) is 0 Å². The Bertz CT molecular complexity index is 802. The summed E-state index contributed by atoms with van der Waals surface area (Å²) < 4.78 is 0. The molecule has 0 unspecified atom stereocenters. The first-order chi connectivity index (χ1) is 14.6. The van der Waals surface area contributed by atoms with Crippen LogP contribution in [0.15, 0.2) is 24.3 Å². The number of amides is 2. The minimum absolute atomic E-state index is 0.183. The zero-order chi connectivity index (χ0) is 20.7.